The van der Waals surface area contributed by atoms with Gasteiger partial charge in [0.15, 0.2) is 5.78 Å². The smallest absolute Gasteiger partial charge is 0.272 e. The van der Waals surface area contributed by atoms with Gasteiger partial charge in [-0.2, -0.15) is 0 Å². The molecule has 2 aromatic rings. The Kier molecular flexibility index (Phi) is 4.53. The summed E-state index contributed by atoms with van der Waals surface area (Å²) in [6.07, 6.45) is 2.00. The highest BCUT2D eigenvalue weighted by Crippen LogP contribution is 2.21. The fourth-order valence-corrected chi connectivity index (χ4v) is 2.78. The highest BCUT2D eigenvalue weighted by atomic mass is 32.2. The number of nitrogens with one attached hydrogen (secondary N) is 2. The largest absolute Gasteiger partial charge is 0.354 e. The van der Waals surface area contributed by atoms with Crippen LogP contribution in [0.25, 0.3) is 0 Å². The van der Waals surface area contributed by atoms with Crippen LogP contribution in [-0.2, 0) is 0 Å². The van der Waals surface area contributed by atoms with Crippen LogP contribution < -0.4 is 5.32 Å². The molecule has 5 heteroatoms. The number of aryl methyl sites for hydroxylation is 1. The molecule has 1 aromatic carbocycles. The van der Waals surface area contributed by atoms with Crippen molar-refractivity contribution in [2.45, 2.75) is 25.7 Å². The summed E-state index contributed by atoms with van der Waals surface area (Å²) in [5.74, 6) is -0.273. The lowest BCUT2D eigenvalue weighted by molar-refractivity contribution is 0.101. The minimum atomic E-state index is -0.236. The first-order chi connectivity index (χ1) is 9.93. The predicted molar refractivity (Wildman–Crippen MR) is 86.4 cm³/mol. The van der Waals surface area contributed by atoms with Crippen LogP contribution in [0.2, 0.25) is 0 Å². The number of hydrogen-bond donors (Lipinski definition) is 2. The molecule has 110 valence electrons. The number of Topliss-reactive ketones (excluding diaryl/α,β-unsaturated/α-hetero) is 1. The quantitative estimate of drug-likeness (QED) is 0.667. The number of anilines is 1. The van der Waals surface area contributed by atoms with Gasteiger partial charge in [0.25, 0.3) is 5.91 Å². The van der Waals surface area contributed by atoms with Crippen LogP contribution in [0, 0.1) is 13.8 Å². The maximum Gasteiger partial charge on any atom is 0.272 e. The molecular weight excluding hydrogens is 284 g/mol. The van der Waals surface area contributed by atoms with Crippen LogP contribution in [0.1, 0.15) is 39.0 Å². The summed E-state index contributed by atoms with van der Waals surface area (Å²) in [4.78, 5) is 28.1. The Labute approximate surface area is 128 Å². The number of carbonyl (C=O) groups excluding carboxylic acids is 2. The summed E-state index contributed by atoms with van der Waals surface area (Å²) in [7, 11) is 0. The van der Waals surface area contributed by atoms with E-state index < -0.39 is 0 Å². The van der Waals surface area contributed by atoms with Gasteiger partial charge >= 0.3 is 0 Å². The van der Waals surface area contributed by atoms with Gasteiger partial charge in [-0.1, -0.05) is 0 Å². The van der Waals surface area contributed by atoms with Crippen molar-refractivity contribution < 1.29 is 9.59 Å². The molecule has 2 rings (SSSR count). The SMILES string of the molecule is CSc1ccc(NC(=O)c2[nH]c(C)c(C(C)=O)c2C)cc1. The Bertz CT molecular complexity index is 687. The number of aromatic nitrogens is 1. The maximum atomic E-state index is 12.3. The summed E-state index contributed by atoms with van der Waals surface area (Å²) in [6, 6.07) is 7.63. The van der Waals surface area contributed by atoms with Gasteiger partial charge in [-0.15, -0.1) is 11.8 Å². The fraction of sp³-hybridized carbons (Fsp3) is 0.250. The van der Waals surface area contributed by atoms with Crippen molar-refractivity contribution in [2.75, 3.05) is 11.6 Å². The molecule has 0 unspecified atom stereocenters. The zero-order valence-corrected chi connectivity index (χ0v) is 13.4. The molecule has 1 amide bonds. The molecule has 0 spiro atoms. The van der Waals surface area contributed by atoms with Gasteiger partial charge < -0.3 is 10.3 Å². The Morgan fingerprint density at radius 3 is 2.24 bits per heavy atom. The number of thioether (sulfide) groups is 1. The van der Waals surface area contributed by atoms with Gasteiger partial charge in [0.1, 0.15) is 5.69 Å². The number of rotatable bonds is 4. The van der Waals surface area contributed by atoms with Crippen LogP contribution in [0.15, 0.2) is 29.2 Å². The van der Waals surface area contributed by atoms with E-state index in [0.717, 1.165) is 16.3 Å². The molecule has 0 aliphatic heterocycles. The van der Waals surface area contributed by atoms with Crippen LogP contribution in [0.4, 0.5) is 5.69 Å². The molecule has 1 heterocycles. The first kappa shape index (κ1) is 15.4. The summed E-state index contributed by atoms with van der Waals surface area (Å²) < 4.78 is 0. The van der Waals surface area contributed by atoms with E-state index in [2.05, 4.69) is 10.3 Å². The van der Waals surface area contributed by atoms with E-state index in [1.165, 1.54) is 6.92 Å². The molecule has 0 aliphatic rings. The number of ketones is 1. The average Bonchev–Trinajstić information content (AvgIpc) is 2.75. The molecule has 0 aliphatic carbocycles. The maximum absolute atomic E-state index is 12.3. The standard InChI is InChI=1S/C16H18N2O2S/c1-9-14(11(3)19)10(2)17-15(9)16(20)18-12-5-7-13(21-4)8-6-12/h5-8,17H,1-4H3,(H,18,20). The molecule has 0 bridgehead atoms. The van der Waals surface area contributed by atoms with Crippen molar-refractivity contribution in [1.29, 1.82) is 0 Å². The third kappa shape index (κ3) is 3.19. The Morgan fingerprint density at radius 2 is 1.76 bits per heavy atom. The van der Waals surface area contributed by atoms with Crippen molar-refractivity contribution in [3.05, 3.63) is 46.8 Å². The van der Waals surface area contributed by atoms with Gasteiger partial charge in [-0.3, -0.25) is 9.59 Å². The summed E-state index contributed by atoms with van der Waals surface area (Å²) in [6.45, 7) is 5.09. The molecule has 0 saturated heterocycles. The lowest BCUT2D eigenvalue weighted by atomic mass is 10.1. The minimum Gasteiger partial charge on any atom is -0.354 e. The summed E-state index contributed by atoms with van der Waals surface area (Å²) in [5, 5.41) is 2.84. The van der Waals surface area contributed by atoms with E-state index in [1.807, 2.05) is 30.5 Å². The van der Waals surface area contributed by atoms with E-state index in [9.17, 15) is 9.59 Å². The Balaban J connectivity index is 2.24. The monoisotopic (exact) mass is 302 g/mol. The Hall–Kier alpha value is -2.01. The van der Waals surface area contributed by atoms with Crippen molar-refractivity contribution >= 4 is 29.1 Å². The van der Waals surface area contributed by atoms with Crippen molar-refractivity contribution in [3.8, 4) is 0 Å². The van der Waals surface area contributed by atoms with Crippen LogP contribution in [0.5, 0.6) is 0 Å². The van der Waals surface area contributed by atoms with E-state index in [4.69, 9.17) is 0 Å². The van der Waals surface area contributed by atoms with Gasteiger partial charge in [-0.05, 0) is 56.9 Å². The van der Waals surface area contributed by atoms with Gasteiger partial charge in [-0.25, -0.2) is 0 Å². The van der Waals surface area contributed by atoms with Crippen molar-refractivity contribution in [1.82, 2.24) is 4.98 Å². The highest BCUT2D eigenvalue weighted by Gasteiger charge is 2.19. The first-order valence-corrected chi connectivity index (χ1v) is 7.82. The normalized spacial score (nSPS) is 10.5. The zero-order valence-electron chi connectivity index (χ0n) is 12.5. The average molecular weight is 302 g/mol. The highest BCUT2D eigenvalue weighted by molar-refractivity contribution is 7.98. The lowest BCUT2D eigenvalue weighted by Crippen LogP contribution is -2.13. The van der Waals surface area contributed by atoms with Gasteiger partial charge in [0.05, 0.1) is 0 Å². The Morgan fingerprint density at radius 1 is 1.14 bits per heavy atom. The van der Waals surface area contributed by atoms with Gasteiger partial charge in [0, 0.05) is 21.8 Å². The second-order valence-electron chi connectivity index (χ2n) is 4.86. The number of aromatic amines is 1. The number of H-pyrrole nitrogens is 1. The molecule has 0 saturated carbocycles. The van der Waals surface area contributed by atoms with E-state index in [1.54, 1.807) is 25.6 Å². The topological polar surface area (TPSA) is 62.0 Å². The van der Waals surface area contributed by atoms with Crippen molar-refractivity contribution in [3.63, 3.8) is 0 Å². The van der Waals surface area contributed by atoms with E-state index in [-0.39, 0.29) is 11.7 Å². The minimum absolute atomic E-state index is 0.0374. The third-order valence-corrected chi connectivity index (χ3v) is 4.11. The second kappa shape index (κ2) is 6.18. The number of hydrogen-bond acceptors (Lipinski definition) is 3. The van der Waals surface area contributed by atoms with E-state index >= 15 is 0 Å². The first-order valence-electron chi connectivity index (χ1n) is 6.59. The molecule has 1 aromatic heterocycles. The van der Waals surface area contributed by atoms with Crippen LogP contribution in [0.3, 0.4) is 0 Å². The molecule has 4 nitrogen and oxygen atoms in total. The fourth-order valence-electron chi connectivity index (χ4n) is 2.37. The molecule has 0 radical (unpaired) electrons. The van der Waals surface area contributed by atoms with Crippen LogP contribution in [-0.4, -0.2) is 22.9 Å². The molecule has 0 atom stereocenters. The predicted octanol–water partition coefficient (Wildman–Crippen LogP) is 3.81. The van der Waals surface area contributed by atoms with Gasteiger partial charge in [0.2, 0.25) is 0 Å². The van der Waals surface area contributed by atoms with E-state index in [0.29, 0.717) is 16.8 Å². The molecule has 2 N–H and O–H groups in total. The number of benzene rings is 1. The summed E-state index contributed by atoms with van der Waals surface area (Å²) >= 11 is 1.65. The molecule has 21 heavy (non-hydrogen) atoms. The number of carbonyl (C=O) groups is 2. The molecular formula is C16H18N2O2S. The third-order valence-electron chi connectivity index (χ3n) is 3.36. The zero-order chi connectivity index (χ0) is 15.6. The van der Waals surface area contributed by atoms with Crippen LogP contribution >= 0.6 is 11.8 Å². The number of amides is 1. The second-order valence-corrected chi connectivity index (χ2v) is 5.74. The summed E-state index contributed by atoms with van der Waals surface area (Å²) in [5.41, 5.74) is 3.18. The molecule has 0 fully saturated rings. The lowest BCUT2D eigenvalue weighted by Gasteiger charge is -2.05. The van der Waals surface area contributed by atoms with Crippen molar-refractivity contribution in [2.24, 2.45) is 0 Å².